The van der Waals surface area contributed by atoms with Gasteiger partial charge in [0.1, 0.15) is 17.9 Å². The Morgan fingerprint density at radius 3 is 2.96 bits per heavy atom. The fourth-order valence-electron chi connectivity index (χ4n) is 2.99. The maximum absolute atomic E-state index is 5.81. The summed E-state index contributed by atoms with van der Waals surface area (Å²) in [6, 6.07) is 10.1. The van der Waals surface area contributed by atoms with Crippen LogP contribution in [0.4, 0.5) is 0 Å². The van der Waals surface area contributed by atoms with Crippen molar-refractivity contribution in [2.24, 2.45) is 4.99 Å². The zero-order valence-corrected chi connectivity index (χ0v) is 18.2. The minimum atomic E-state index is 0. The van der Waals surface area contributed by atoms with Crippen molar-refractivity contribution in [1.29, 1.82) is 0 Å². The Balaban J connectivity index is 0.00000261. The zero-order valence-electron chi connectivity index (χ0n) is 15.9. The summed E-state index contributed by atoms with van der Waals surface area (Å²) in [5.41, 5.74) is 0.902. The molecule has 1 saturated heterocycles. The normalized spacial score (nSPS) is 17.1. The van der Waals surface area contributed by atoms with Gasteiger partial charge in [-0.15, -0.1) is 24.0 Å². The lowest BCUT2D eigenvalue weighted by molar-refractivity contribution is 0.0168. The molecule has 1 aromatic heterocycles. The second-order valence-corrected chi connectivity index (χ2v) is 6.44. The predicted octanol–water partition coefficient (Wildman–Crippen LogP) is 3.69. The van der Waals surface area contributed by atoms with Crippen LogP contribution in [-0.4, -0.2) is 45.0 Å². The molecule has 2 N–H and O–H groups in total. The van der Waals surface area contributed by atoms with Crippen molar-refractivity contribution in [3.8, 4) is 0 Å². The van der Waals surface area contributed by atoms with Crippen LogP contribution in [0, 0.1) is 0 Å². The molecule has 0 aliphatic carbocycles. The van der Waals surface area contributed by atoms with E-state index in [1.807, 2.05) is 30.3 Å². The van der Waals surface area contributed by atoms with Gasteiger partial charge < -0.3 is 24.5 Å². The van der Waals surface area contributed by atoms with Gasteiger partial charge in [0.15, 0.2) is 5.96 Å². The number of hydrogen-bond acceptors (Lipinski definition) is 4. The first kappa shape index (κ1) is 22.0. The second kappa shape index (κ2) is 12.2. The molecule has 1 aliphatic rings. The number of para-hydroxylation sites is 1. The first-order valence-electron chi connectivity index (χ1n) is 9.54. The minimum absolute atomic E-state index is 0. The third-order valence-corrected chi connectivity index (χ3v) is 4.30. The summed E-state index contributed by atoms with van der Waals surface area (Å²) in [6.07, 6.45) is 3.51. The lowest BCUT2D eigenvalue weighted by Crippen LogP contribution is -2.38. The number of ether oxygens (including phenoxy) is 2. The largest absolute Gasteiger partial charge is 0.459 e. The molecule has 150 valence electrons. The number of aliphatic imine (C=N–C) groups is 1. The Morgan fingerprint density at radius 2 is 2.19 bits per heavy atom. The molecule has 0 spiro atoms. The summed E-state index contributed by atoms with van der Waals surface area (Å²) in [5.74, 6) is 1.66. The van der Waals surface area contributed by atoms with Crippen LogP contribution in [0.3, 0.4) is 0 Å². The molecule has 6 nitrogen and oxygen atoms in total. The fourth-order valence-corrected chi connectivity index (χ4v) is 2.99. The number of nitrogens with one attached hydrogen (secondary N) is 2. The highest BCUT2D eigenvalue weighted by Gasteiger charge is 2.14. The molecule has 2 aromatic rings. The molecular weight excluding hydrogens is 457 g/mol. The Hall–Kier alpha value is -1.32. The SMILES string of the molecule is CCNC(=NCc1cc2ccccc2o1)NCCCOCC1CCCO1.I. The van der Waals surface area contributed by atoms with Gasteiger partial charge in [0, 0.05) is 31.7 Å². The molecule has 1 atom stereocenters. The van der Waals surface area contributed by atoms with E-state index in [0.717, 1.165) is 68.3 Å². The van der Waals surface area contributed by atoms with Gasteiger partial charge in [0.2, 0.25) is 0 Å². The van der Waals surface area contributed by atoms with Crippen molar-refractivity contribution in [1.82, 2.24) is 10.6 Å². The zero-order chi connectivity index (χ0) is 18.0. The van der Waals surface area contributed by atoms with Crippen LogP contribution >= 0.6 is 24.0 Å². The Kier molecular flexibility index (Phi) is 9.93. The van der Waals surface area contributed by atoms with E-state index < -0.39 is 0 Å². The van der Waals surface area contributed by atoms with Crippen molar-refractivity contribution in [2.75, 3.05) is 32.9 Å². The summed E-state index contributed by atoms with van der Waals surface area (Å²) < 4.78 is 17.0. The van der Waals surface area contributed by atoms with Crippen LogP contribution < -0.4 is 10.6 Å². The number of nitrogens with zero attached hydrogens (tertiary/aromatic N) is 1. The Morgan fingerprint density at radius 1 is 1.30 bits per heavy atom. The van der Waals surface area contributed by atoms with E-state index in [1.165, 1.54) is 0 Å². The van der Waals surface area contributed by atoms with Crippen molar-refractivity contribution >= 4 is 40.9 Å². The molecule has 2 heterocycles. The average molecular weight is 487 g/mol. The summed E-state index contributed by atoms with van der Waals surface area (Å²) in [4.78, 5) is 4.60. The van der Waals surface area contributed by atoms with Gasteiger partial charge in [0.05, 0.1) is 12.7 Å². The Bertz CT molecular complexity index is 666. The van der Waals surface area contributed by atoms with Crippen LogP contribution in [0.5, 0.6) is 0 Å². The maximum Gasteiger partial charge on any atom is 0.191 e. The van der Waals surface area contributed by atoms with Gasteiger partial charge in [-0.1, -0.05) is 18.2 Å². The van der Waals surface area contributed by atoms with Crippen LogP contribution in [0.1, 0.15) is 31.9 Å². The third-order valence-electron chi connectivity index (χ3n) is 4.30. The lowest BCUT2D eigenvalue weighted by Gasteiger charge is -2.12. The number of benzene rings is 1. The van der Waals surface area contributed by atoms with E-state index in [4.69, 9.17) is 13.9 Å². The predicted molar refractivity (Wildman–Crippen MR) is 119 cm³/mol. The van der Waals surface area contributed by atoms with Crippen molar-refractivity contribution < 1.29 is 13.9 Å². The van der Waals surface area contributed by atoms with Gasteiger partial charge in [-0.25, -0.2) is 4.99 Å². The molecule has 1 aromatic carbocycles. The lowest BCUT2D eigenvalue weighted by atomic mass is 10.2. The molecule has 1 aliphatic heterocycles. The smallest absolute Gasteiger partial charge is 0.191 e. The average Bonchev–Trinajstić information content (AvgIpc) is 3.31. The standard InChI is InChI=1S/C20H29N3O3.HI/c1-2-21-20(22-10-6-11-24-15-17-8-5-12-25-17)23-14-18-13-16-7-3-4-9-19(16)26-18;/h3-4,7,9,13,17H,2,5-6,8,10-12,14-15H2,1H3,(H2,21,22,23);1H. The highest BCUT2D eigenvalue weighted by atomic mass is 127. The van der Waals surface area contributed by atoms with Crippen LogP contribution in [0.15, 0.2) is 39.7 Å². The van der Waals surface area contributed by atoms with Gasteiger partial charge in [-0.2, -0.15) is 0 Å². The highest BCUT2D eigenvalue weighted by molar-refractivity contribution is 14.0. The Labute approximate surface area is 178 Å². The molecule has 7 heteroatoms. The van der Waals surface area contributed by atoms with E-state index in [2.05, 4.69) is 22.5 Å². The van der Waals surface area contributed by atoms with Gasteiger partial charge in [0.25, 0.3) is 0 Å². The minimum Gasteiger partial charge on any atom is -0.459 e. The molecular formula is C20H30IN3O3. The maximum atomic E-state index is 5.81. The number of rotatable bonds is 9. The molecule has 1 fully saturated rings. The van der Waals surface area contributed by atoms with E-state index >= 15 is 0 Å². The van der Waals surface area contributed by atoms with Crippen LogP contribution in [0.25, 0.3) is 11.0 Å². The number of furan rings is 1. The number of halogens is 1. The highest BCUT2D eigenvalue weighted by Crippen LogP contribution is 2.19. The molecule has 3 rings (SSSR count). The summed E-state index contributed by atoms with van der Waals surface area (Å²) in [7, 11) is 0. The first-order valence-corrected chi connectivity index (χ1v) is 9.54. The fraction of sp³-hybridized carbons (Fsp3) is 0.550. The molecule has 0 bridgehead atoms. The van der Waals surface area contributed by atoms with Gasteiger partial charge >= 0.3 is 0 Å². The molecule has 1 unspecified atom stereocenters. The van der Waals surface area contributed by atoms with Crippen LogP contribution in [-0.2, 0) is 16.0 Å². The number of hydrogen-bond donors (Lipinski definition) is 2. The first-order chi connectivity index (χ1) is 12.8. The van der Waals surface area contributed by atoms with Gasteiger partial charge in [-0.3, -0.25) is 0 Å². The number of fused-ring (bicyclic) bond motifs is 1. The van der Waals surface area contributed by atoms with Crippen LogP contribution in [0.2, 0.25) is 0 Å². The van der Waals surface area contributed by atoms with Crippen molar-refractivity contribution in [2.45, 2.75) is 38.8 Å². The van der Waals surface area contributed by atoms with E-state index in [1.54, 1.807) is 0 Å². The molecule has 27 heavy (non-hydrogen) atoms. The molecule has 0 radical (unpaired) electrons. The van der Waals surface area contributed by atoms with E-state index in [0.29, 0.717) is 19.3 Å². The van der Waals surface area contributed by atoms with Crippen molar-refractivity contribution in [3.63, 3.8) is 0 Å². The molecule has 0 amide bonds. The number of guanidine groups is 1. The van der Waals surface area contributed by atoms with E-state index in [9.17, 15) is 0 Å². The monoisotopic (exact) mass is 487 g/mol. The van der Waals surface area contributed by atoms with Gasteiger partial charge in [-0.05, 0) is 38.3 Å². The summed E-state index contributed by atoms with van der Waals surface area (Å²) in [5, 5.41) is 7.71. The molecule has 0 saturated carbocycles. The van der Waals surface area contributed by atoms with E-state index in [-0.39, 0.29) is 24.0 Å². The summed E-state index contributed by atoms with van der Waals surface area (Å²) >= 11 is 0. The second-order valence-electron chi connectivity index (χ2n) is 6.44. The quantitative estimate of drug-likeness (QED) is 0.245. The van der Waals surface area contributed by atoms with Crippen molar-refractivity contribution in [3.05, 3.63) is 36.1 Å². The summed E-state index contributed by atoms with van der Waals surface area (Å²) in [6.45, 7) is 6.53. The third kappa shape index (κ3) is 7.31. The topological polar surface area (TPSA) is 68.0 Å².